The van der Waals surface area contributed by atoms with Crippen molar-refractivity contribution in [3.63, 3.8) is 0 Å². The predicted octanol–water partition coefficient (Wildman–Crippen LogP) is 6.17. The highest BCUT2D eigenvalue weighted by molar-refractivity contribution is 6.41. The van der Waals surface area contributed by atoms with Crippen LogP contribution in [0, 0.1) is 0 Å². The number of piperidine rings is 1. The summed E-state index contributed by atoms with van der Waals surface area (Å²) >= 11 is 13.0. The minimum absolute atomic E-state index is 0.0878. The van der Waals surface area contributed by atoms with E-state index in [1.807, 2.05) is 30.3 Å². The first-order chi connectivity index (χ1) is 18.9. The summed E-state index contributed by atoms with van der Waals surface area (Å²) in [7, 11) is 1.43. The lowest BCUT2D eigenvalue weighted by Gasteiger charge is -2.33. The molecule has 5 rings (SSSR count). The lowest BCUT2D eigenvalue weighted by atomic mass is 10.0. The summed E-state index contributed by atoms with van der Waals surface area (Å²) in [6.45, 7) is 2.02. The van der Waals surface area contributed by atoms with Crippen molar-refractivity contribution >= 4 is 46.3 Å². The zero-order valence-electron chi connectivity index (χ0n) is 21.6. The topological polar surface area (TPSA) is 114 Å². The van der Waals surface area contributed by atoms with E-state index < -0.39 is 5.97 Å². The summed E-state index contributed by atoms with van der Waals surface area (Å²) in [5.74, 6) is 0.133. The summed E-state index contributed by atoms with van der Waals surface area (Å²) in [6, 6.07) is 13.2. The lowest BCUT2D eigenvalue weighted by molar-refractivity contribution is -0.129. The Labute approximate surface area is 237 Å². The van der Waals surface area contributed by atoms with Crippen molar-refractivity contribution in [1.82, 2.24) is 5.16 Å². The van der Waals surface area contributed by atoms with Crippen molar-refractivity contribution in [2.24, 2.45) is 10.7 Å². The number of carboxylic acids is 1. The average Bonchev–Trinajstić information content (AvgIpc) is 3.70. The fourth-order valence-corrected chi connectivity index (χ4v) is 5.44. The number of benzene rings is 2. The third-order valence-electron chi connectivity index (χ3n) is 7.17. The second-order valence-corrected chi connectivity index (χ2v) is 10.6. The van der Waals surface area contributed by atoms with Crippen molar-refractivity contribution in [3.8, 4) is 11.3 Å². The molecule has 1 aliphatic heterocycles. The molecule has 204 valence electrons. The molecule has 2 heterocycles. The van der Waals surface area contributed by atoms with Gasteiger partial charge in [-0.3, -0.25) is 4.99 Å². The normalized spacial score (nSPS) is 17.1. The number of rotatable bonds is 9. The monoisotopic (exact) mass is 568 g/mol. The molecule has 1 aromatic heterocycles. The molecule has 1 saturated carbocycles. The maximum Gasteiger partial charge on any atom is 0.354 e. The molecule has 2 aliphatic rings. The van der Waals surface area contributed by atoms with Gasteiger partial charge in [-0.05, 0) is 61.6 Å². The van der Waals surface area contributed by atoms with Gasteiger partial charge >= 0.3 is 5.97 Å². The third-order valence-corrected chi connectivity index (χ3v) is 7.80. The Morgan fingerprint density at radius 2 is 1.87 bits per heavy atom. The lowest BCUT2D eigenvalue weighted by Crippen LogP contribution is -2.37. The summed E-state index contributed by atoms with van der Waals surface area (Å²) in [4.78, 5) is 17.3. The van der Waals surface area contributed by atoms with E-state index in [1.54, 1.807) is 12.1 Å². The molecule has 39 heavy (non-hydrogen) atoms. The molecule has 0 radical (unpaired) electrons. The SMILES string of the molecule is CN=C(C=C(N)c1cccc(N2CCC(OCc3c(-c4c(Cl)cccc4Cl)noc3C3CC3)CC2)c1)C(=O)O. The van der Waals surface area contributed by atoms with Gasteiger partial charge in [-0.1, -0.05) is 46.6 Å². The number of ether oxygens (including phenoxy) is 1. The molecule has 0 spiro atoms. The van der Waals surface area contributed by atoms with E-state index in [1.165, 1.54) is 13.1 Å². The van der Waals surface area contributed by atoms with E-state index in [-0.39, 0.29) is 11.8 Å². The zero-order valence-corrected chi connectivity index (χ0v) is 23.1. The quantitative estimate of drug-likeness (QED) is 0.297. The van der Waals surface area contributed by atoms with Crippen LogP contribution < -0.4 is 10.6 Å². The highest BCUT2D eigenvalue weighted by Crippen LogP contribution is 2.46. The molecular weight excluding hydrogens is 539 g/mol. The van der Waals surface area contributed by atoms with Gasteiger partial charge in [0.15, 0.2) is 0 Å². The van der Waals surface area contributed by atoms with Gasteiger partial charge in [0.1, 0.15) is 17.2 Å². The molecule has 3 aromatic rings. The Kier molecular flexibility index (Phi) is 8.26. The van der Waals surface area contributed by atoms with E-state index in [0.29, 0.717) is 39.5 Å². The van der Waals surface area contributed by atoms with Crippen molar-refractivity contribution in [3.05, 3.63) is 75.5 Å². The molecule has 1 aliphatic carbocycles. The molecule has 0 atom stereocenters. The Bertz CT molecular complexity index is 1400. The van der Waals surface area contributed by atoms with Crippen molar-refractivity contribution in [2.75, 3.05) is 25.0 Å². The van der Waals surface area contributed by atoms with E-state index in [0.717, 1.165) is 61.3 Å². The predicted molar refractivity (Wildman–Crippen MR) is 154 cm³/mol. The number of aliphatic carboxylic acids is 1. The number of anilines is 1. The molecular formula is C29H30Cl2N4O4. The van der Waals surface area contributed by atoms with Crippen molar-refractivity contribution in [1.29, 1.82) is 0 Å². The second-order valence-electron chi connectivity index (χ2n) is 9.81. The van der Waals surface area contributed by atoms with Crippen molar-refractivity contribution in [2.45, 2.75) is 44.3 Å². The molecule has 2 fully saturated rings. The first-order valence-corrected chi connectivity index (χ1v) is 13.7. The first kappa shape index (κ1) is 27.2. The largest absolute Gasteiger partial charge is 0.477 e. The highest BCUT2D eigenvalue weighted by Gasteiger charge is 2.34. The van der Waals surface area contributed by atoms with Gasteiger partial charge in [0.25, 0.3) is 0 Å². The number of hydrogen-bond acceptors (Lipinski definition) is 7. The van der Waals surface area contributed by atoms with E-state index in [4.69, 9.17) is 38.2 Å². The third kappa shape index (κ3) is 6.13. The fraction of sp³-hybridized carbons (Fsp3) is 0.345. The van der Waals surface area contributed by atoms with Crippen LogP contribution in [0.4, 0.5) is 5.69 Å². The maximum absolute atomic E-state index is 11.3. The van der Waals surface area contributed by atoms with Crippen LogP contribution in [0.1, 0.15) is 48.5 Å². The van der Waals surface area contributed by atoms with E-state index >= 15 is 0 Å². The Morgan fingerprint density at radius 1 is 1.18 bits per heavy atom. The minimum atomic E-state index is -1.11. The van der Waals surface area contributed by atoms with E-state index in [2.05, 4.69) is 15.0 Å². The van der Waals surface area contributed by atoms with Crippen LogP contribution >= 0.6 is 23.2 Å². The van der Waals surface area contributed by atoms with Crippen LogP contribution in [-0.2, 0) is 16.1 Å². The number of nitrogens with zero attached hydrogens (tertiary/aromatic N) is 3. The summed E-state index contributed by atoms with van der Waals surface area (Å²) < 4.78 is 12.2. The molecule has 8 nitrogen and oxygen atoms in total. The Balaban J connectivity index is 1.25. The van der Waals surface area contributed by atoms with Crippen LogP contribution in [0.25, 0.3) is 17.0 Å². The number of aromatic nitrogens is 1. The van der Waals surface area contributed by atoms with Crippen molar-refractivity contribution < 1.29 is 19.2 Å². The van der Waals surface area contributed by atoms with Gasteiger partial charge in [0.2, 0.25) is 0 Å². The van der Waals surface area contributed by atoms with Gasteiger partial charge in [-0.15, -0.1) is 0 Å². The number of hydrogen-bond donors (Lipinski definition) is 2. The van der Waals surface area contributed by atoms with Gasteiger partial charge in [0, 0.05) is 48.6 Å². The molecule has 0 amide bonds. The molecule has 0 unspecified atom stereocenters. The van der Waals surface area contributed by atoms with Crippen LogP contribution in [0.2, 0.25) is 10.0 Å². The summed E-state index contributed by atoms with van der Waals surface area (Å²) in [6.07, 6.45) is 5.34. The number of carbonyl (C=O) groups is 1. The molecule has 3 N–H and O–H groups in total. The van der Waals surface area contributed by atoms with Crippen LogP contribution in [0.3, 0.4) is 0 Å². The Hall–Kier alpha value is -3.33. The second kappa shape index (κ2) is 11.8. The standard InChI is InChI=1S/C29H30Cl2N4O4/c1-33-25(29(36)37)15-24(32)18-4-2-5-19(14-18)35-12-10-20(11-13-35)38-16-21-27(34-39-28(21)17-8-9-17)26-22(30)6-3-7-23(26)31/h2-7,14-15,17,20H,8-13,16,32H2,1H3,(H,36,37). The van der Waals surface area contributed by atoms with Gasteiger partial charge in [-0.25, -0.2) is 4.79 Å². The van der Waals surface area contributed by atoms with Crippen LogP contribution in [-0.4, -0.2) is 48.2 Å². The maximum atomic E-state index is 11.3. The molecule has 1 saturated heterocycles. The van der Waals surface area contributed by atoms with E-state index in [9.17, 15) is 9.90 Å². The van der Waals surface area contributed by atoms with Crippen LogP contribution in [0.15, 0.2) is 58.1 Å². The summed E-state index contributed by atoms with van der Waals surface area (Å²) in [5.41, 5.74) is 10.5. The van der Waals surface area contributed by atoms with Gasteiger partial charge in [0.05, 0.1) is 22.8 Å². The molecule has 0 bridgehead atoms. The number of nitrogens with two attached hydrogens (primary N) is 1. The number of aliphatic imine (C=N–C) groups is 1. The Morgan fingerprint density at radius 3 is 2.51 bits per heavy atom. The number of halogens is 2. The van der Waals surface area contributed by atoms with Gasteiger partial charge in [-0.2, -0.15) is 0 Å². The zero-order chi connectivity index (χ0) is 27.5. The minimum Gasteiger partial charge on any atom is -0.477 e. The average molecular weight is 569 g/mol. The highest BCUT2D eigenvalue weighted by atomic mass is 35.5. The molecule has 2 aromatic carbocycles. The molecule has 10 heteroatoms. The van der Waals surface area contributed by atoms with Crippen LogP contribution in [0.5, 0.6) is 0 Å². The first-order valence-electron chi connectivity index (χ1n) is 12.9. The number of carboxylic acid groups (broad SMARTS) is 1. The smallest absolute Gasteiger partial charge is 0.354 e. The summed E-state index contributed by atoms with van der Waals surface area (Å²) in [5, 5.41) is 14.6. The van der Waals surface area contributed by atoms with Gasteiger partial charge < -0.3 is 25.0 Å². The fourth-order valence-electron chi connectivity index (χ4n) is 4.86.